The Kier molecular flexibility index (Phi) is 10.8. The topological polar surface area (TPSA) is 82.5 Å². The van der Waals surface area contributed by atoms with Gasteiger partial charge in [-0.2, -0.15) is 0 Å². The number of benzene rings is 3. The van der Waals surface area contributed by atoms with E-state index in [0.717, 1.165) is 22.3 Å². The van der Waals surface area contributed by atoms with Gasteiger partial charge in [-0.15, -0.1) is 0 Å². The van der Waals surface area contributed by atoms with E-state index >= 15 is 4.79 Å². The maximum Gasteiger partial charge on any atom is 0.326 e. The van der Waals surface area contributed by atoms with Crippen molar-refractivity contribution >= 4 is 44.9 Å². The van der Waals surface area contributed by atoms with Crippen molar-refractivity contribution in [2.45, 2.75) is 64.5 Å². The maximum atomic E-state index is 15.2. The highest BCUT2D eigenvalue weighted by Crippen LogP contribution is 2.54. The number of urea groups is 1. The van der Waals surface area contributed by atoms with Crippen LogP contribution in [0.5, 0.6) is 5.75 Å². The zero-order valence-corrected chi connectivity index (χ0v) is 31.9. The van der Waals surface area contributed by atoms with Crippen LogP contribution in [0, 0.1) is 0 Å². The smallest absolute Gasteiger partial charge is 0.326 e. The molecule has 2 atom stereocenters. The predicted molar refractivity (Wildman–Crippen MR) is 200 cm³/mol. The molecular weight excluding hydrogens is 679 g/mol. The van der Waals surface area contributed by atoms with Crippen molar-refractivity contribution in [2.24, 2.45) is 4.99 Å². The number of sulfone groups is 1. The van der Waals surface area contributed by atoms with E-state index in [9.17, 15) is 8.42 Å². The summed E-state index contributed by atoms with van der Waals surface area (Å²) in [5.74, 6) is 1.34. The summed E-state index contributed by atoms with van der Waals surface area (Å²) in [4.78, 5) is 26.7. The Morgan fingerprint density at radius 2 is 1.47 bits per heavy atom. The molecule has 0 aliphatic carbocycles. The van der Waals surface area contributed by atoms with Gasteiger partial charge in [-0.1, -0.05) is 74.3 Å². The summed E-state index contributed by atoms with van der Waals surface area (Å²) in [5, 5.41) is 1.21. The van der Waals surface area contributed by atoms with Gasteiger partial charge in [0.25, 0.3) is 0 Å². The molecule has 2 aliphatic rings. The number of piperazine rings is 1. The molecule has 0 N–H and O–H groups in total. The number of nitrogens with zero attached hydrogens (tertiary/aromatic N) is 4. The zero-order valence-electron chi connectivity index (χ0n) is 29.6. The second kappa shape index (κ2) is 14.3. The first-order valence-electron chi connectivity index (χ1n) is 16.9. The number of aliphatic imine (C=N–C) groups is 1. The van der Waals surface area contributed by atoms with E-state index in [0.29, 0.717) is 67.4 Å². The Morgan fingerprint density at radius 1 is 0.898 bits per heavy atom. The molecule has 0 bridgehead atoms. The Bertz CT molecular complexity index is 1800. The summed E-state index contributed by atoms with van der Waals surface area (Å²) in [7, 11) is -3.03. The van der Waals surface area contributed by atoms with Crippen LogP contribution in [0.15, 0.2) is 71.7 Å². The highest BCUT2D eigenvalue weighted by molar-refractivity contribution is 7.90. The fraction of sp³-hybridized carbons (Fsp3) is 0.474. The first kappa shape index (κ1) is 37.2. The number of hydrogen-bond acceptors (Lipinski definition) is 6. The van der Waals surface area contributed by atoms with Crippen molar-refractivity contribution in [3.63, 3.8) is 0 Å². The van der Waals surface area contributed by atoms with E-state index in [1.54, 1.807) is 0 Å². The van der Waals surface area contributed by atoms with Gasteiger partial charge in [-0.05, 0) is 92.2 Å². The second-order valence-corrected chi connectivity index (χ2v) is 17.6. The summed E-state index contributed by atoms with van der Waals surface area (Å²) in [5.41, 5.74) is 1.50. The molecule has 0 aromatic heterocycles. The van der Waals surface area contributed by atoms with Gasteiger partial charge in [0.05, 0.1) is 17.9 Å². The number of amidine groups is 1. The first-order valence-corrected chi connectivity index (χ1v) is 19.7. The van der Waals surface area contributed by atoms with Crippen molar-refractivity contribution in [3.8, 4) is 5.75 Å². The molecule has 0 radical (unpaired) electrons. The predicted octanol–water partition coefficient (Wildman–Crippen LogP) is 7.75. The van der Waals surface area contributed by atoms with E-state index in [1.165, 1.54) is 6.26 Å². The molecule has 264 valence electrons. The van der Waals surface area contributed by atoms with Gasteiger partial charge < -0.3 is 9.64 Å². The van der Waals surface area contributed by atoms with Gasteiger partial charge in [-0.25, -0.2) is 13.2 Å². The molecule has 0 unspecified atom stereocenters. The van der Waals surface area contributed by atoms with E-state index < -0.39 is 20.9 Å². The van der Waals surface area contributed by atoms with E-state index in [2.05, 4.69) is 51.7 Å². The van der Waals surface area contributed by atoms with Crippen molar-refractivity contribution in [2.75, 3.05) is 51.3 Å². The highest BCUT2D eigenvalue weighted by Gasteiger charge is 2.60. The van der Waals surface area contributed by atoms with Gasteiger partial charge in [-0.3, -0.25) is 14.8 Å². The molecule has 3 aromatic carbocycles. The molecule has 8 nitrogen and oxygen atoms in total. The van der Waals surface area contributed by atoms with Crippen LogP contribution in [0.2, 0.25) is 10.0 Å². The van der Waals surface area contributed by atoms with Crippen LogP contribution in [0.4, 0.5) is 4.79 Å². The average molecular weight is 728 g/mol. The van der Waals surface area contributed by atoms with Crippen LogP contribution in [0.25, 0.3) is 0 Å². The molecule has 5 rings (SSSR count). The van der Waals surface area contributed by atoms with Gasteiger partial charge in [0.1, 0.15) is 32.5 Å². The Labute approximate surface area is 302 Å². The Morgan fingerprint density at radius 3 is 2.00 bits per heavy atom. The lowest BCUT2D eigenvalue weighted by Gasteiger charge is -2.47. The molecule has 2 amide bonds. The number of amides is 2. The van der Waals surface area contributed by atoms with E-state index in [1.807, 2.05) is 71.3 Å². The zero-order chi connectivity index (χ0) is 35.8. The first-order chi connectivity index (χ1) is 23.0. The fourth-order valence-electron chi connectivity index (χ4n) is 6.87. The standard InChI is InChI=1S/C38H48Cl2N4O4S/c1-8-48-33-19-14-29(36(2,3)4)26-32(33)34-41-37(5,27-10-15-30(39)16-11-27)38(6,28-12-17-31(40)18-13-28)44(34)35(45)43-23-21-42(22-24-43)20-9-25-49(7,46)47/h10-19,26H,8-9,20-25H2,1-7H3/t37-,38+/m0/s1. The van der Waals surface area contributed by atoms with Gasteiger partial charge in [0, 0.05) is 42.5 Å². The van der Waals surface area contributed by atoms with Crippen LogP contribution in [0.1, 0.15) is 70.2 Å². The average Bonchev–Trinajstić information content (AvgIpc) is 3.28. The number of rotatable bonds is 9. The fourth-order valence-corrected chi connectivity index (χ4v) is 7.78. The Balaban J connectivity index is 1.67. The molecular formula is C38H48Cl2N4O4S. The molecule has 1 fully saturated rings. The third kappa shape index (κ3) is 7.65. The molecule has 0 spiro atoms. The van der Waals surface area contributed by atoms with Crippen LogP contribution < -0.4 is 4.74 Å². The number of ether oxygens (including phenoxy) is 1. The quantitative estimate of drug-likeness (QED) is 0.225. The monoisotopic (exact) mass is 726 g/mol. The summed E-state index contributed by atoms with van der Waals surface area (Å²) in [6.45, 7) is 16.0. The van der Waals surface area contributed by atoms with Crippen LogP contribution in [-0.2, 0) is 26.3 Å². The summed E-state index contributed by atoms with van der Waals surface area (Å²) >= 11 is 12.8. The Hall–Kier alpha value is -3.11. The lowest BCUT2D eigenvalue weighted by atomic mass is 9.71. The van der Waals surface area contributed by atoms with Crippen LogP contribution in [0.3, 0.4) is 0 Å². The normalized spacial score (nSPS) is 21.9. The summed E-state index contributed by atoms with van der Waals surface area (Å²) in [6, 6.07) is 21.4. The molecule has 11 heteroatoms. The lowest BCUT2D eigenvalue weighted by Crippen LogP contribution is -2.60. The van der Waals surface area contributed by atoms with Gasteiger partial charge in [0.15, 0.2) is 0 Å². The summed E-state index contributed by atoms with van der Waals surface area (Å²) < 4.78 is 29.6. The molecule has 2 aliphatic heterocycles. The van der Waals surface area contributed by atoms with Gasteiger partial charge >= 0.3 is 6.03 Å². The van der Waals surface area contributed by atoms with E-state index in [4.69, 9.17) is 32.9 Å². The van der Waals surface area contributed by atoms with Crippen LogP contribution in [-0.4, -0.2) is 86.3 Å². The molecule has 1 saturated heterocycles. The van der Waals surface area contributed by atoms with E-state index in [-0.39, 0.29) is 17.2 Å². The number of carbonyl (C=O) groups excluding carboxylic acids is 1. The third-order valence-electron chi connectivity index (χ3n) is 9.96. The molecule has 49 heavy (non-hydrogen) atoms. The third-order valence-corrected chi connectivity index (χ3v) is 11.5. The molecule has 0 saturated carbocycles. The highest BCUT2D eigenvalue weighted by atomic mass is 35.5. The van der Waals surface area contributed by atoms with Gasteiger partial charge in [0.2, 0.25) is 0 Å². The minimum Gasteiger partial charge on any atom is -0.493 e. The second-order valence-electron chi connectivity index (χ2n) is 14.4. The van der Waals surface area contributed by atoms with Crippen molar-refractivity contribution in [1.82, 2.24) is 14.7 Å². The lowest BCUT2D eigenvalue weighted by molar-refractivity contribution is 0.0868. The minimum atomic E-state index is -3.03. The molecule has 3 aromatic rings. The van der Waals surface area contributed by atoms with Crippen molar-refractivity contribution in [1.29, 1.82) is 0 Å². The maximum absolute atomic E-state index is 15.2. The van der Waals surface area contributed by atoms with Crippen LogP contribution >= 0.6 is 23.2 Å². The van der Waals surface area contributed by atoms with Crippen molar-refractivity contribution < 1.29 is 17.9 Å². The SMILES string of the molecule is CCOc1ccc(C(C)(C)C)cc1C1=N[C@@](C)(c2ccc(Cl)cc2)[C@@](C)(c2ccc(Cl)cc2)N1C(=O)N1CCN(CCCS(C)(=O)=O)CC1. The number of hydrogen-bond donors (Lipinski definition) is 0. The molecule has 2 heterocycles. The van der Waals surface area contributed by atoms with Crippen molar-refractivity contribution in [3.05, 3.63) is 99.0 Å². The minimum absolute atomic E-state index is 0.151. The number of carbonyl (C=O) groups is 1. The summed E-state index contributed by atoms with van der Waals surface area (Å²) in [6.07, 6.45) is 1.83. The largest absolute Gasteiger partial charge is 0.493 e. The number of halogens is 2.